The quantitative estimate of drug-likeness (QED) is 0.889. The summed E-state index contributed by atoms with van der Waals surface area (Å²) >= 11 is 0. The first-order chi connectivity index (χ1) is 9.28. The van der Waals surface area contributed by atoms with E-state index >= 15 is 0 Å². The number of methoxy groups -OCH3 is 2. The van der Waals surface area contributed by atoms with Crippen molar-refractivity contribution in [3.8, 4) is 11.5 Å². The molecule has 0 amide bonds. The number of hydrogen-bond acceptors (Lipinski definition) is 3. The summed E-state index contributed by atoms with van der Waals surface area (Å²) in [6, 6.07) is 3.69. The maximum absolute atomic E-state index is 13.2. The van der Waals surface area contributed by atoms with E-state index in [1.165, 1.54) is 0 Å². The first kappa shape index (κ1) is 14.1. The van der Waals surface area contributed by atoms with Gasteiger partial charge in [-0.3, -0.25) is 0 Å². The van der Waals surface area contributed by atoms with Gasteiger partial charge >= 0.3 is 0 Å². The molecule has 19 heavy (non-hydrogen) atoms. The average Bonchev–Trinajstić information content (AvgIpc) is 2.47. The van der Waals surface area contributed by atoms with Gasteiger partial charge in [0.25, 0.3) is 0 Å². The van der Waals surface area contributed by atoms with Crippen LogP contribution in [0.3, 0.4) is 0 Å². The first-order valence-electron chi connectivity index (χ1n) is 6.79. The van der Waals surface area contributed by atoms with Gasteiger partial charge in [-0.15, -0.1) is 0 Å². The maximum Gasteiger partial charge on any atom is 0.161 e. The van der Waals surface area contributed by atoms with Gasteiger partial charge < -0.3 is 14.8 Å². The normalized spacial score (nSPS) is 16.4. The molecule has 4 heteroatoms. The van der Waals surface area contributed by atoms with Gasteiger partial charge in [-0.1, -0.05) is 0 Å². The Labute approximate surface area is 114 Å². The van der Waals surface area contributed by atoms with Gasteiger partial charge in [-0.2, -0.15) is 0 Å². The molecule has 3 nitrogen and oxygen atoms in total. The molecule has 0 unspecified atom stereocenters. The summed E-state index contributed by atoms with van der Waals surface area (Å²) in [4.78, 5) is 0. The number of benzene rings is 1. The van der Waals surface area contributed by atoms with Crippen molar-refractivity contribution in [2.45, 2.75) is 25.9 Å². The average molecular weight is 267 g/mol. The van der Waals surface area contributed by atoms with E-state index in [1.807, 2.05) is 6.07 Å². The van der Waals surface area contributed by atoms with E-state index < -0.39 is 6.67 Å². The fraction of sp³-hybridized carbons (Fsp3) is 0.600. The Morgan fingerprint density at radius 1 is 1.11 bits per heavy atom. The minimum Gasteiger partial charge on any atom is -0.493 e. The van der Waals surface area contributed by atoms with E-state index in [-0.39, 0.29) is 0 Å². The highest BCUT2D eigenvalue weighted by molar-refractivity contribution is 5.47. The lowest BCUT2D eigenvalue weighted by Gasteiger charge is -2.24. The number of piperidine rings is 1. The van der Waals surface area contributed by atoms with Gasteiger partial charge in [0, 0.05) is 0 Å². The predicted octanol–water partition coefficient (Wildman–Crippen LogP) is 2.72. The van der Waals surface area contributed by atoms with Crippen molar-refractivity contribution >= 4 is 0 Å². The van der Waals surface area contributed by atoms with Crippen LogP contribution >= 0.6 is 0 Å². The van der Waals surface area contributed by atoms with Crippen molar-refractivity contribution in [3.05, 3.63) is 23.3 Å². The van der Waals surface area contributed by atoms with E-state index in [1.54, 1.807) is 20.3 Å². The van der Waals surface area contributed by atoms with Crippen LogP contribution in [0.25, 0.3) is 0 Å². The molecule has 0 atom stereocenters. The highest BCUT2D eigenvalue weighted by Gasteiger charge is 2.17. The van der Waals surface area contributed by atoms with E-state index in [9.17, 15) is 4.39 Å². The fourth-order valence-electron chi connectivity index (χ4n) is 2.67. The number of hydrogen-bond donors (Lipinski definition) is 1. The number of halogens is 1. The first-order valence-corrected chi connectivity index (χ1v) is 6.79. The second kappa shape index (κ2) is 6.75. The van der Waals surface area contributed by atoms with Crippen LogP contribution in [-0.2, 0) is 13.1 Å². The molecule has 1 fully saturated rings. The SMILES string of the molecule is COc1cc(CF)c(CC2CCNCC2)cc1OC. The molecule has 0 spiro atoms. The zero-order chi connectivity index (χ0) is 13.7. The van der Waals surface area contributed by atoms with Crippen molar-refractivity contribution in [1.29, 1.82) is 0 Å². The van der Waals surface area contributed by atoms with Crippen LogP contribution in [0.5, 0.6) is 11.5 Å². The third kappa shape index (κ3) is 3.38. The summed E-state index contributed by atoms with van der Waals surface area (Å²) in [6.07, 6.45) is 3.22. The third-order valence-corrected chi connectivity index (χ3v) is 3.82. The molecule has 1 saturated heterocycles. The molecular formula is C15H22FNO2. The topological polar surface area (TPSA) is 30.5 Å². The van der Waals surface area contributed by atoms with Gasteiger partial charge in [0.15, 0.2) is 11.5 Å². The second-order valence-corrected chi connectivity index (χ2v) is 5.01. The lowest BCUT2D eigenvalue weighted by atomic mass is 9.89. The molecule has 1 aromatic rings. The van der Waals surface area contributed by atoms with E-state index in [0.29, 0.717) is 17.4 Å². The Hall–Kier alpha value is -1.29. The Kier molecular flexibility index (Phi) is 5.02. The zero-order valence-corrected chi connectivity index (χ0v) is 11.7. The summed E-state index contributed by atoms with van der Waals surface area (Å²) < 4.78 is 23.7. The van der Waals surface area contributed by atoms with E-state index in [2.05, 4.69) is 5.32 Å². The van der Waals surface area contributed by atoms with Crippen molar-refractivity contribution < 1.29 is 13.9 Å². The Morgan fingerprint density at radius 2 is 1.68 bits per heavy atom. The molecule has 0 aliphatic carbocycles. The largest absolute Gasteiger partial charge is 0.493 e. The summed E-state index contributed by atoms with van der Waals surface area (Å²) in [7, 11) is 3.19. The van der Waals surface area contributed by atoms with Gasteiger partial charge in [-0.25, -0.2) is 4.39 Å². The molecule has 0 aromatic heterocycles. The van der Waals surface area contributed by atoms with Crippen molar-refractivity contribution in [1.82, 2.24) is 5.32 Å². The molecular weight excluding hydrogens is 245 g/mol. The molecule has 0 radical (unpaired) electrons. The van der Waals surface area contributed by atoms with Crippen LogP contribution in [0.15, 0.2) is 12.1 Å². The Balaban J connectivity index is 2.21. The minimum absolute atomic E-state index is 0.458. The predicted molar refractivity (Wildman–Crippen MR) is 73.7 cm³/mol. The lowest BCUT2D eigenvalue weighted by Crippen LogP contribution is -2.28. The summed E-state index contributed by atoms with van der Waals surface area (Å²) in [5.41, 5.74) is 1.77. The third-order valence-electron chi connectivity index (χ3n) is 3.82. The van der Waals surface area contributed by atoms with Crippen molar-refractivity contribution in [2.24, 2.45) is 5.92 Å². The van der Waals surface area contributed by atoms with E-state index in [0.717, 1.165) is 43.5 Å². The second-order valence-electron chi connectivity index (χ2n) is 5.01. The highest BCUT2D eigenvalue weighted by atomic mass is 19.1. The molecule has 1 aliphatic rings. The van der Waals surface area contributed by atoms with E-state index in [4.69, 9.17) is 9.47 Å². The standard InChI is InChI=1S/C15H22FNO2/c1-18-14-8-12(7-11-3-5-17-6-4-11)13(10-16)9-15(14)19-2/h8-9,11,17H,3-7,10H2,1-2H3. The van der Waals surface area contributed by atoms with Gasteiger partial charge in [0.2, 0.25) is 0 Å². The van der Waals surface area contributed by atoms with Crippen LogP contribution in [0, 0.1) is 5.92 Å². The minimum atomic E-state index is -0.458. The van der Waals surface area contributed by atoms with Crippen LogP contribution in [0.4, 0.5) is 4.39 Å². The monoisotopic (exact) mass is 267 g/mol. The van der Waals surface area contributed by atoms with Crippen LogP contribution in [0.2, 0.25) is 0 Å². The van der Waals surface area contributed by atoms with Gasteiger partial charge in [0.1, 0.15) is 6.67 Å². The van der Waals surface area contributed by atoms with Crippen molar-refractivity contribution in [2.75, 3.05) is 27.3 Å². The zero-order valence-electron chi connectivity index (χ0n) is 11.7. The Morgan fingerprint density at radius 3 is 2.21 bits per heavy atom. The maximum atomic E-state index is 13.2. The number of alkyl halides is 1. The smallest absolute Gasteiger partial charge is 0.161 e. The molecule has 1 aliphatic heterocycles. The number of nitrogens with one attached hydrogen (secondary N) is 1. The molecule has 1 aromatic carbocycles. The van der Waals surface area contributed by atoms with Crippen LogP contribution in [-0.4, -0.2) is 27.3 Å². The Bertz CT molecular complexity index is 417. The summed E-state index contributed by atoms with van der Waals surface area (Å²) in [5.74, 6) is 1.91. The van der Waals surface area contributed by atoms with Crippen molar-refractivity contribution in [3.63, 3.8) is 0 Å². The molecule has 0 bridgehead atoms. The van der Waals surface area contributed by atoms with Gasteiger partial charge in [0.05, 0.1) is 14.2 Å². The summed E-state index contributed by atoms with van der Waals surface area (Å²) in [5, 5.41) is 3.35. The molecule has 106 valence electrons. The molecule has 2 rings (SSSR count). The number of ether oxygens (including phenoxy) is 2. The molecule has 1 N–H and O–H groups in total. The van der Waals surface area contributed by atoms with Gasteiger partial charge in [-0.05, 0) is 61.5 Å². The lowest BCUT2D eigenvalue weighted by molar-refractivity contribution is 0.349. The highest BCUT2D eigenvalue weighted by Crippen LogP contribution is 2.33. The molecule has 0 saturated carbocycles. The van der Waals surface area contributed by atoms with Crippen LogP contribution in [0.1, 0.15) is 24.0 Å². The molecule has 1 heterocycles. The summed E-state index contributed by atoms with van der Waals surface area (Å²) in [6.45, 7) is 1.66. The fourth-order valence-corrected chi connectivity index (χ4v) is 2.67. The van der Waals surface area contributed by atoms with Crippen LogP contribution < -0.4 is 14.8 Å². The number of rotatable bonds is 5.